The highest BCUT2D eigenvalue weighted by molar-refractivity contribution is 5.90. The second kappa shape index (κ2) is 5.35. The molecule has 0 aromatic rings. The van der Waals surface area contributed by atoms with Crippen LogP contribution in [-0.2, 0) is 28.6 Å². The molecular formula is C17H22O6. The van der Waals surface area contributed by atoms with Crippen LogP contribution in [0.4, 0.5) is 0 Å². The summed E-state index contributed by atoms with van der Waals surface area (Å²) in [6, 6.07) is 0. The van der Waals surface area contributed by atoms with E-state index in [1.807, 2.05) is 6.92 Å². The number of carbonyl (C=O) groups is 3. The molecule has 6 heteroatoms. The summed E-state index contributed by atoms with van der Waals surface area (Å²) in [5.41, 5.74) is -0.0485. The predicted molar refractivity (Wildman–Crippen MR) is 79.0 cm³/mol. The van der Waals surface area contributed by atoms with Gasteiger partial charge in [-0.3, -0.25) is 9.59 Å². The van der Waals surface area contributed by atoms with E-state index in [0.29, 0.717) is 12.0 Å². The monoisotopic (exact) mass is 322 g/mol. The number of hydrogen-bond donors (Lipinski definition) is 0. The first kappa shape index (κ1) is 16.0. The minimum absolute atomic E-state index is 0.235. The van der Waals surface area contributed by atoms with Crippen LogP contribution in [-0.4, -0.2) is 36.7 Å². The van der Waals surface area contributed by atoms with Gasteiger partial charge in [0.15, 0.2) is 0 Å². The Balaban J connectivity index is 2.04. The lowest BCUT2D eigenvalue weighted by Gasteiger charge is -2.52. The Hall–Kier alpha value is -1.85. The lowest BCUT2D eigenvalue weighted by molar-refractivity contribution is -0.185. The fraction of sp³-hybridized carbons (Fsp3) is 0.706. The number of carbonyl (C=O) groups excluding carboxylic acids is 3. The molecule has 0 bridgehead atoms. The summed E-state index contributed by atoms with van der Waals surface area (Å²) in [6.45, 7) is 9.28. The minimum Gasteiger partial charge on any atom is -0.462 e. The fourth-order valence-electron chi connectivity index (χ4n) is 4.54. The SMILES string of the molecule is C=C1C(=O)OC[C@@]2(CC)C[C@@H](OC(C)=O)[C@@H]3[C@H](OC(=O)[C@H]3C)[C@@H]12. The molecule has 6 atom stereocenters. The van der Waals surface area contributed by atoms with E-state index in [9.17, 15) is 14.4 Å². The molecule has 3 rings (SSSR count). The molecule has 3 fully saturated rings. The van der Waals surface area contributed by atoms with Crippen LogP contribution < -0.4 is 0 Å². The molecule has 2 heterocycles. The number of rotatable bonds is 2. The highest BCUT2D eigenvalue weighted by atomic mass is 16.6. The van der Waals surface area contributed by atoms with Gasteiger partial charge in [-0.1, -0.05) is 20.4 Å². The first-order valence-electron chi connectivity index (χ1n) is 8.04. The normalized spacial score (nSPS) is 42.4. The van der Waals surface area contributed by atoms with Crippen molar-refractivity contribution in [3.63, 3.8) is 0 Å². The Morgan fingerprint density at radius 1 is 1.43 bits per heavy atom. The number of esters is 3. The lowest BCUT2D eigenvalue weighted by atomic mass is 9.56. The second-order valence-corrected chi connectivity index (χ2v) is 6.91. The molecule has 0 aromatic carbocycles. The van der Waals surface area contributed by atoms with Gasteiger partial charge < -0.3 is 14.2 Å². The maximum atomic E-state index is 12.1. The van der Waals surface area contributed by atoms with Gasteiger partial charge in [-0.25, -0.2) is 4.79 Å². The molecule has 0 unspecified atom stereocenters. The molecule has 126 valence electrons. The second-order valence-electron chi connectivity index (χ2n) is 6.91. The molecule has 23 heavy (non-hydrogen) atoms. The van der Waals surface area contributed by atoms with Crippen molar-refractivity contribution in [2.45, 2.75) is 45.8 Å². The topological polar surface area (TPSA) is 78.9 Å². The zero-order chi connectivity index (χ0) is 16.9. The van der Waals surface area contributed by atoms with Crippen molar-refractivity contribution in [2.75, 3.05) is 6.61 Å². The summed E-state index contributed by atoms with van der Waals surface area (Å²) >= 11 is 0. The lowest BCUT2D eigenvalue weighted by Crippen LogP contribution is -2.58. The molecule has 0 aromatic heterocycles. The van der Waals surface area contributed by atoms with Crippen molar-refractivity contribution in [1.82, 2.24) is 0 Å². The molecule has 0 spiro atoms. The Morgan fingerprint density at radius 3 is 2.74 bits per heavy atom. The number of cyclic esters (lactones) is 1. The maximum Gasteiger partial charge on any atom is 0.333 e. The molecule has 1 saturated carbocycles. The number of ether oxygens (including phenoxy) is 3. The van der Waals surface area contributed by atoms with Crippen molar-refractivity contribution >= 4 is 17.9 Å². The number of fused-ring (bicyclic) bond motifs is 3. The minimum atomic E-state index is -0.490. The fourth-order valence-corrected chi connectivity index (χ4v) is 4.54. The zero-order valence-electron chi connectivity index (χ0n) is 13.7. The van der Waals surface area contributed by atoms with E-state index >= 15 is 0 Å². The predicted octanol–water partition coefficient (Wildman–Crippen LogP) is 1.63. The summed E-state index contributed by atoms with van der Waals surface area (Å²) in [4.78, 5) is 35.6. The van der Waals surface area contributed by atoms with Crippen LogP contribution in [0.1, 0.15) is 33.6 Å². The van der Waals surface area contributed by atoms with Gasteiger partial charge in [0.25, 0.3) is 0 Å². The van der Waals surface area contributed by atoms with E-state index in [0.717, 1.165) is 6.42 Å². The van der Waals surface area contributed by atoms with E-state index < -0.39 is 23.6 Å². The smallest absolute Gasteiger partial charge is 0.333 e. The molecule has 2 saturated heterocycles. The van der Waals surface area contributed by atoms with Gasteiger partial charge in [0.1, 0.15) is 12.2 Å². The summed E-state index contributed by atoms with van der Waals surface area (Å²) in [6.07, 6.45) is 0.356. The van der Waals surface area contributed by atoms with Crippen molar-refractivity contribution in [3.8, 4) is 0 Å². The van der Waals surface area contributed by atoms with Crippen LogP contribution in [0.3, 0.4) is 0 Å². The average Bonchev–Trinajstić information content (AvgIpc) is 2.78. The molecule has 0 amide bonds. The van der Waals surface area contributed by atoms with Crippen molar-refractivity contribution < 1.29 is 28.6 Å². The van der Waals surface area contributed by atoms with Gasteiger partial charge in [-0.05, 0) is 12.8 Å². The van der Waals surface area contributed by atoms with Gasteiger partial charge in [0.05, 0.1) is 12.5 Å². The van der Waals surface area contributed by atoms with Crippen LogP contribution in [0.15, 0.2) is 12.2 Å². The third-order valence-corrected chi connectivity index (χ3v) is 5.76. The maximum absolute atomic E-state index is 12.1. The molecule has 0 radical (unpaired) electrons. The third-order valence-electron chi connectivity index (χ3n) is 5.76. The third kappa shape index (κ3) is 2.26. The summed E-state index contributed by atoms with van der Waals surface area (Å²) in [5.74, 6) is -2.02. The van der Waals surface area contributed by atoms with Crippen molar-refractivity contribution in [2.24, 2.45) is 23.2 Å². The molecule has 2 aliphatic heterocycles. The molecule has 0 N–H and O–H groups in total. The van der Waals surface area contributed by atoms with Gasteiger partial charge in [0.2, 0.25) is 0 Å². The zero-order valence-corrected chi connectivity index (χ0v) is 13.7. The van der Waals surface area contributed by atoms with Crippen LogP contribution >= 0.6 is 0 Å². The Bertz CT molecular complexity index is 582. The molecule has 3 aliphatic rings. The van der Waals surface area contributed by atoms with Gasteiger partial charge in [0, 0.05) is 29.7 Å². The van der Waals surface area contributed by atoms with Crippen LogP contribution in [0.5, 0.6) is 0 Å². The van der Waals surface area contributed by atoms with E-state index in [2.05, 4.69) is 6.58 Å². The van der Waals surface area contributed by atoms with E-state index in [1.165, 1.54) is 6.92 Å². The van der Waals surface area contributed by atoms with Gasteiger partial charge in [-0.15, -0.1) is 0 Å². The summed E-state index contributed by atoms with van der Waals surface area (Å²) in [7, 11) is 0. The Morgan fingerprint density at radius 2 is 2.13 bits per heavy atom. The summed E-state index contributed by atoms with van der Waals surface area (Å²) in [5, 5.41) is 0. The molecular weight excluding hydrogens is 300 g/mol. The highest BCUT2D eigenvalue weighted by Gasteiger charge is 2.63. The van der Waals surface area contributed by atoms with Crippen LogP contribution in [0.25, 0.3) is 0 Å². The van der Waals surface area contributed by atoms with Gasteiger partial charge in [-0.2, -0.15) is 0 Å². The van der Waals surface area contributed by atoms with Crippen LogP contribution in [0.2, 0.25) is 0 Å². The Labute approximate surface area is 135 Å². The summed E-state index contributed by atoms with van der Waals surface area (Å²) < 4.78 is 16.4. The first-order valence-corrected chi connectivity index (χ1v) is 8.04. The Kier molecular flexibility index (Phi) is 3.73. The average molecular weight is 322 g/mol. The van der Waals surface area contributed by atoms with E-state index in [-0.39, 0.29) is 36.3 Å². The first-order chi connectivity index (χ1) is 10.8. The standard InChI is InChI=1S/C17H22O6/c1-5-17-6-11(22-10(4)18)12-8(2)16(20)23-14(12)13(17)9(3)15(19)21-7-17/h8,11-14H,3,5-7H2,1-2,4H3/t8-,11+,12+,13+,14-,17+/m0/s1. The largest absolute Gasteiger partial charge is 0.462 e. The number of hydrogen-bond acceptors (Lipinski definition) is 6. The van der Waals surface area contributed by atoms with E-state index in [1.54, 1.807) is 6.92 Å². The molecule has 6 nitrogen and oxygen atoms in total. The van der Waals surface area contributed by atoms with Crippen molar-refractivity contribution in [3.05, 3.63) is 12.2 Å². The van der Waals surface area contributed by atoms with Crippen molar-refractivity contribution in [1.29, 1.82) is 0 Å². The van der Waals surface area contributed by atoms with E-state index in [4.69, 9.17) is 14.2 Å². The van der Waals surface area contributed by atoms with Crippen LogP contribution in [0, 0.1) is 23.2 Å². The van der Waals surface area contributed by atoms with Gasteiger partial charge >= 0.3 is 17.9 Å². The molecule has 1 aliphatic carbocycles. The highest BCUT2D eigenvalue weighted by Crippen LogP contribution is 2.56. The quantitative estimate of drug-likeness (QED) is 0.437.